The van der Waals surface area contributed by atoms with Crippen molar-refractivity contribution in [2.75, 3.05) is 13.1 Å². The van der Waals surface area contributed by atoms with E-state index in [4.69, 9.17) is 16.3 Å². The molecule has 1 fully saturated rings. The fraction of sp³-hybridized carbons (Fsp3) is 0.308. The number of rotatable bonds is 2. The van der Waals surface area contributed by atoms with Gasteiger partial charge in [-0.1, -0.05) is 11.6 Å². The highest BCUT2D eigenvalue weighted by molar-refractivity contribution is 6.32. The van der Waals surface area contributed by atoms with Gasteiger partial charge in [-0.2, -0.15) is 0 Å². The number of halogens is 1. The summed E-state index contributed by atoms with van der Waals surface area (Å²) in [7, 11) is 0. The van der Waals surface area contributed by atoms with Crippen molar-refractivity contribution in [1.82, 2.24) is 9.47 Å². The van der Waals surface area contributed by atoms with E-state index in [1.807, 2.05) is 78.2 Å². The molecule has 0 N–H and O–H groups in total. The zero-order valence-corrected chi connectivity index (χ0v) is 19.0. The lowest BCUT2D eigenvalue weighted by molar-refractivity contribution is -0.00580. The number of amides is 1. The van der Waals surface area contributed by atoms with Crippen molar-refractivity contribution in [2.45, 2.75) is 38.7 Å². The first kappa shape index (κ1) is 20.8. The molecule has 5 nitrogen and oxygen atoms in total. The number of fused-ring (bicyclic) bond motifs is 1. The third-order valence-corrected chi connectivity index (χ3v) is 7.29. The van der Waals surface area contributed by atoms with Crippen molar-refractivity contribution >= 4 is 23.3 Å². The third-order valence-electron chi connectivity index (χ3n) is 6.71. The van der Waals surface area contributed by atoms with E-state index in [1.165, 1.54) is 0 Å². The van der Waals surface area contributed by atoms with Crippen LogP contribution < -0.4 is 4.74 Å². The molecule has 0 atom stereocenters. The van der Waals surface area contributed by atoms with E-state index in [2.05, 4.69) is 0 Å². The summed E-state index contributed by atoms with van der Waals surface area (Å²) < 4.78 is 8.42. The van der Waals surface area contributed by atoms with E-state index in [9.17, 15) is 9.59 Å². The maximum Gasteiger partial charge on any atom is 0.253 e. The molecule has 1 saturated heterocycles. The zero-order chi connectivity index (χ0) is 22.5. The molecule has 0 bridgehead atoms. The molecule has 32 heavy (non-hydrogen) atoms. The predicted molar refractivity (Wildman–Crippen MR) is 124 cm³/mol. The lowest BCUT2D eigenvalue weighted by atomic mass is 9.81. The number of carbonyl (C=O) groups is 2. The van der Waals surface area contributed by atoms with E-state index in [1.54, 1.807) is 0 Å². The molecule has 0 unspecified atom stereocenters. The molecule has 2 aliphatic heterocycles. The molecular formula is C26H25ClN2O3. The van der Waals surface area contributed by atoms with Gasteiger partial charge in [0.05, 0.1) is 12.0 Å². The Morgan fingerprint density at radius 2 is 1.72 bits per heavy atom. The molecule has 3 aromatic rings. The number of hydrogen-bond acceptors (Lipinski definition) is 3. The summed E-state index contributed by atoms with van der Waals surface area (Å²) in [6.07, 6.45) is 5.54. The molecule has 2 aliphatic rings. The summed E-state index contributed by atoms with van der Waals surface area (Å²) in [5, 5.41) is 0.625. The molecular weight excluding hydrogens is 424 g/mol. The van der Waals surface area contributed by atoms with E-state index in [-0.39, 0.29) is 11.7 Å². The molecule has 1 amide bonds. The van der Waals surface area contributed by atoms with Gasteiger partial charge in [0.15, 0.2) is 5.78 Å². The van der Waals surface area contributed by atoms with Gasteiger partial charge in [0.1, 0.15) is 11.4 Å². The summed E-state index contributed by atoms with van der Waals surface area (Å²) in [5.74, 6) is 0.715. The fourth-order valence-corrected chi connectivity index (χ4v) is 5.01. The molecule has 1 spiro atoms. The number of ketones is 1. The molecule has 5 rings (SSSR count). The minimum absolute atomic E-state index is 0.0138. The van der Waals surface area contributed by atoms with Crippen molar-refractivity contribution in [2.24, 2.45) is 0 Å². The fourth-order valence-electron chi connectivity index (χ4n) is 4.86. The third kappa shape index (κ3) is 3.51. The van der Waals surface area contributed by atoms with Gasteiger partial charge in [0, 0.05) is 54.6 Å². The average molecular weight is 449 g/mol. The quantitative estimate of drug-likeness (QED) is 0.528. The van der Waals surface area contributed by atoms with Gasteiger partial charge in [-0.05, 0) is 67.4 Å². The maximum atomic E-state index is 13.1. The first-order valence-electron chi connectivity index (χ1n) is 10.9. The summed E-state index contributed by atoms with van der Waals surface area (Å²) in [6, 6.07) is 13.4. The van der Waals surface area contributed by atoms with E-state index in [0.717, 1.165) is 16.8 Å². The molecule has 164 valence electrons. The topological polar surface area (TPSA) is 51.5 Å². The summed E-state index contributed by atoms with van der Waals surface area (Å²) in [6.45, 7) is 4.92. The number of benzene rings is 2. The molecule has 0 radical (unpaired) electrons. The lowest BCUT2D eigenvalue weighted by Crippen LogP contribution is -2.52. The molecule has 0 saturated carbocycles. The van der Waals surface area contributed by atoms with Crippen molar-refractivity contribution in [1.29, 1.82) is 0 Å². The van der Waals surface area contributed by atoms with Crippen molar-refractivity contribution < 1.29 is 14.3 Å². The largest absolute Gasteiger partial charge is 0.486 e. The first-order valence-corrected chi connectivity index (χ1v) is 11.3. The number of Topliss-reactive ketones (excluding diaryl/α,β-unsaturated/α-hetero) is 1. The monoisotopic (exact) mass is 448 g/mol. The normalized spacial score (nSPS) is 17.2. The van der Waals surface area contributed by atoms with E-state index >= 15 is 0 Å². The summed E-state index contributed by atoms with van der Waals surface area (Å²) in [4.78, 5) is 27.9. The Bertz CT molecular complexity index is 1190. The smallest absolute Gasteiger partial charge is 0.253 e. The van der Waals surface area contributed by atoms with Gasteiger partial charge < -0.3 is 14.2 Å². The van der Waals surface area contributed by atoms with Gasteiger partial charge in [0.2, 0.25) is 0 Å². The van der Waals surface area contributed by atoms with Crippen LogP contribution in [-0.2, 0) is 0 Å². The van der Waals surface area contributed by atoms with Gasteiger partial charge in [0.25, 0.3) is 5.91 Å². The van der Waals surface area contributed by atoms with Crippen LogP contribution in [0.4, 0.5) is 0 Å². The summed E-state index contributed by atoms with van der Waals surface area (Å²) >= 11 is 6.35. The van der Waals surface area contributed by atoms with Crippen LogP contribution in [0.5, 0.6) is 5.75 Å². The van der Waals surface area contributed by atoms with Crippen LogP contribution in [0.25, 0.3) is 5.69 Å². The zero-order valence-electron chi connectivity index (χ0n) is 18.2. The van der Waals surface area contributed by atoms with Crippen LogP contribution in [0.3, 0.4) is 0 Å². The number of ether oxygens (including phenoxy) is 1. The van der Waals surface area contributed by atoms with Crippen LogP contribution >= 0.6 is 11.6 Å². The van der Waals surface area contributed by atoms with Gasteiger partial charge in [-0.3, -0.25) is 9.59 Å². The van der Waals surface area contributed by atoms with E-state index in [0.29, 0.717) is 54.3 Å². The Kier molecular flexibility index (Phi) is 5.09. The van der Waals surface area contributed by atoms with E-state index < -0.39 is 5.60 Å². The minimum atomic E-state index is -0.550. The molecule has 0 aliphatic carbocycles. The van der Waals surface area contributed by atoms with Crippen LogP contribution in [0.1, 0.15) is 51.1 Å². The number of nitrogens with zero attached hydrogens (tertiary/aromatic N) is 2. The predicted octanol–water partition coefficient (Wildman–Crippen LogP) is 5.39. The second kappa shape index (κ2) is 7.82. The SMILES string of the molecule is Cc1cc2c(c(C)c1Cl)C(=O)CC1(CCN(C(=O)c3ccc(-n4cccc4)cc3)CC1)O2. The number of hydrogen-bond donors (Lipinski definition) is 0. The highest BCUT2D eigenvalue weighted by atomic mass is 35.5. The highest BCUT2D eigenvalue weighted by Gasteiger charge is 2.44. The average Bonchev–Trinajstić information content (AvgIpc) is 3.32. The van der Waals surface area contributed by atoms with Crippen molar-refractivity contribution in [3.63, 3.8) is 0 Å². The Hall–Kier alpha value is -3.05. The second-order valence-corrected chi connectivity index (χ2v) is 9.20. The number of likely N-dealkylation sites (tertiary alicyclic amines) is 1. The van der Waals surface area contributed by atoms with Crippen LogP contribution in [0.2, 0.25) is 5.02 Å². The Morgan fingerprint density at radius 1 is 1.06 bits per heavy atom. The summed E-state index contributed by atoms with van der Waals surface area (Å²) in [5.41, 5.74) is 3.44. The molecule has 6 heteroatoms. The standard InChI is InChI=1S/C26H25ClN2O3/c1-17-15-22-23(18(2)24(17)27)21(30)16-26(32-22)9-13-29(14-10-26)25(31)19-5-7-20(8-6-19)28-11-3-4-12-28/h3-8,11-12,15H,9-10,13-14,16H2,1-2H3. The number of piperidine rings is 1. The van der Waals surface area contributed by atoms with Crippen LogP contribution in [-0.4, -0.2) is 39.8 Å². The minimum Gasteiger partial charge on any atom is -0.486 e. The molecule has 2 aromatic carbocycles. The number of aromatic nitrogens is 1. The van der Waals surface area contributed by atoms with Gasteiger partial charge >= 0.3 is 0 Å². The molecule has 3 heterocycles. The van der Waals surface area contributed by atoms with Crippen molar-refractivity contribution in [3.05, 3.63) is 82.1 Å². The van der Waals surface area contributed by atoms with Crippen LogP contribution in [0.15, 0.2) is 54.9 Å². The van der Waals surface area contributed by atoms with Gasteiger partial charge in [-0.25, -0.2) is 0 Å². The second-order valence-electron chi connectivity index (χ2n) is 8.82. The lowest BCUT2D eigenvalue weighted by Gasteiger charge is -2.44. The van der Waals surface area contributed by atoms with Gasteiger partial charge in [-0.15, -0.1) is 0 Å². The number of aryl methyl sites for hydroxylation is 1. The maximum absolute atomic E-state index is 13.1. The van der Waals surface area contributed by atoms with Crippen LogP contribution in [0, 0.1) is 13.8 Å². The Labute approximate surface area is 192 Å². The molecule has 1 aromatic heterocycles. The highest BCUT2D eigenvalue weighted by Crippen LogP contribution is 2.43. The first-order chi connectivity index (χ1) is 15.4. The number of carbonyl (C=O) groups excluding carboxylic acids is 2. The Morgan fingerprint density at radius 3 is 2.38 bits per heavy atom. The Balaban J connectivity index is 1.30. The van der Waals surface area contributed by atoms with Crippen molar-refractivity contribution in [3.8, 4) is 11.4 Å².